The summed E-state index contributed by atoms with van der Waals surface area (Å²) >= 11 is 0. The first kappa shape index (κ1) is 33.8. The van der Waals surface area contributed by atoms with E-state index in [1.807, 2.05) is 19.9 Å². The maximum Gasteiger partial charge on any atom is 0.308 e. The van der Waals surface area contributed by atoms with Crippen LogP contribution >= 0.6 is 0 Å². The Morgan fingerprint density at radius 3 is 2.72 bits per heavy atom. The lowest BCUT2D eigenvalue weighted by atomic mass is 9.73. The van der Waals surface area contributed by atoms with Crippen LogP contribution in [0.25, 0.3) is 10.9 Å². The van der Waals surface area contributed by atoms with Crippen molar-refractivity contribution < 1.29 is 33.6 Å². The van der Waals surface area contributed by atoms with E-state index in [0.717, 1.165) is 77.5 Å². The molecule has 3 N–H and O–H groups in total. The fourth-order valence-electron chi connectivity index (χ4n) is 11.4. The molecule has 1 spiro atoms. The monoisotopic (exact) mass is 732 g/mol. The first-order valence-electron chi connectivity index (χ1n) is 19.5. The minimum atomic E-state index is -0.588. The highest BCUT2D eigenvalue weighted by atomic mass is 16.7. The van der Waals surface area contributed by atoms with Crippen molar-refractivity contribution in [2.24, 2.45) is 0 Å². The van der Waals surface area contributed by atoms with Crippen molar-refractivity contribution in [1.82, 2.24) is 20.1 Å². The molecular formula is C43H48N4O7. The van der Waals surface area contributed by atoms with E-state index in [1.54, 1.807) is 7.11 Å². The molecule has 1 saturated carbocycles. The topological polar surface area (TPSA) is 126 Å². The lowest BCUT2D eigenvalue weighted by Crippen LogP contribution is -2.72. The summed E-state index contributed by atoms with van der Waals surface area (Å²) in [6, 6.07) is 10.5. The third-order valence-electron chi connectivity index (χ3n) is 13.6. The quantitative estimate of drug-likeness (QED) is 0.103. The van der Waals surface area contributed by atoms with Gasteiger partial charge >= 0.3 is 5.97 Å². The van der Waals surface area contributed by atoms with Gasteiger partial charge in [0.1, 0.15) is 5.75 Å². The highest BCUT2D eigenvalue weighted by Crippen LogP contribution is 2.70. The number of phenolic OH excluding ortho intramolecular Hbond substituents is 1. The second-order valence-electron chi connectivity index (χ2n) is 16.6. The number of aromatic hydroxyl groups is 1. The Kier molecular flexibility index (Phi) is 7.44. The zero-order valence-electron chi connectivity index (χ0n) is 31.6. The Morgan fingerprint density at radius 1 is 1.09 bits per heavy atom. The van der Waals surface area contributed by atoms with Gasteiger partial charge in [-0.1, -0.05) is 24.6 Å². The molecule has 2 saturated heterocycles. The largest absolute Gasteiger partial charge is 0.504 e. The second-order valence-corrected chi connectivity index (χ2v) is 16.6. The van der Waals surface area contributed by atoms with Crippen LogP contribution in [0.2, 0.25) is 0 Å². The van der Waals surface area contributed by atoms with Gasteiger partial charge in [-0.15, -0.1) is 0 Å². The Hall–Kier alpha value is -4.74. The maximum atomic E-state index is 13.8. The summed E-state index contributed by atoms with van der Waals surface area (Å²) < 4.78 is 24.1. The van der Waals surface area contributed by atoms with Crippen LogP contribution in [-0.2, 0) is 33.5 Å². The second kappa shape index (κ2) is 11.9. The van der Waals surface area contributed by atoms with E-state index >= 15 is 0 Å². The smallest absolute Gasteiger partial charge is 0.308 e. The summed E-state index contributed by atoms with van der Waals surface area (Å²) in [6.45, 7) is 8.53. The van der Waals surface area contributed by atoms with Crippen molar-refractivity contribution in [3.8, 4) is 28.7 Å². The number of aromatic nitrogens is 1. The number of amides is 1. The molecule has 11 nitrogen and oxygen atoms in total. The van der Waals surface area contributed by atoms with Crippen LogP contribution in [0, 0.1) is 13.8 Å². The maximum absolute atomic E-state index is 13.8. The Balaban J connectivity index is 0.978. The molecule has 1 unspecified atom stereocenters. The lowest BCUT2D eigenvalue weighted by Gasteiger charge is -2.64. The first-order chi connectivity index (χ1) is 26.1. The fraction of sp³-hybridized carbons (Fsp3) is 0.488. The minimum Gasteiger partial charge on any atom is -0.504 e. The zero-order valence-corrected chi connectivity index (χ0v) is 31.6. The van der Waals surface area contributed by atoms with Gasteiger partial charge in [0.25, 0.3) is 0 Å². The van der Waals surface area contributed by atoms with E-state index in [4.69, 9.17) is 18.9 Å². The number of phenols is 1. The molecule has 10 rings (SSSR count). The molecule has 6 heterocycles. The Bertz CT molecular complexity index is 2270. The van der Waals surface area contributed by atoms with Gasteiger partial charge in [-0.05, 0) is 88.1 Å². The van der Waals surface area contributed by atoms with Crippen molar-refractivity contribution in [3.05, 3.63) is 75.5 Å². The van der Waals surface area contributed by atoms with Crippen LogP contribution in [0.5, 0.6) is 28.7 Å². The molecule has 0 bridgehead atoms. The SMILES string of the molecule is COc1c(C)cc2c(c1O)[C@@H]1C3Cc4c(OC(C)=O)c(C)c5c(c4[C@]4(C[C@@H]4NC(=O)CCCCCc4c[nH]c6ccccc46)N3C[C@@H]3C[C@@]2(C)N31)OCO5. The van der Waals surface area contributed by atoms with Crippen molar-refractivity contribution >= 4 is 22.8 Å². The van der Waals surface area contributed by atoms with Crippen LogP contribution in [0.3, 0.4) is 0 Å². The number of unbranched alkanes of at least 4 members (excludes halogenated alkanes) is 2. The van der Waals surface area contributed by atoms with Gasteiger partial charge in [0, 0.05) is 76.9 Å². The van der Waals surface area contributed by atoms with Gasteiger partial charge < -0.3 is 34.4 Å². The molecular weight excluding hydrogens is 684 g/mol. The van der Waals surface area contributed by atoms with Crippen LogP contribution in [0.1, 0.15) is 97.4 Å². The van der Waals surface area contributed by atoms with Gasteiger partial charge in [-0.3, -0.25) is 19.4 Å². The van der Waals surface area contributed by atoms with Gasteiger partial charge in [0.05, 0.1) is 24.7 Å². The fourth-order valence-corrected chi connectivity index (χ4v) is 11.4. The molecule has 1 aliphatic carbocycles. The number of fused-ring (bicyclic) bond motifs is 11. The molecule has 6 aliphatic rings. The van der Waals surface area contributed by atoms with E-state index in [1.165, 1.54) is 17.9 Å². The number of aryl methyl sites for hydroxylation is 2. The third-order valence-corrected chi connectivity index (χ3v) is 13.6. The summed E-state index contributed by atoms with van der Waals surface area (Å²) in [5.74, 6) is 2.19. The number of nitrogens with one attached hydrogen (secondary N) is 2. The molecule has 0 radical (unpaired) electrons. The molecule has 1 amide bonds. The van der Waals surface area contributed by atoms with Crippen molar-refractivity contribution in [2.45, 2.75) is 114 Å². The molecule has 1 aromatic heterocycles. The zero-order chi connectivity index (χ0) is 37.3. The van der Waals surface area contributed by atoms with Crippen LogP contribution < -0.4 is 24.3 Å². The predicted octanol–water partition coefficient (Wildman–Crippen LogP) is 6.32. The number of piperazine rings is 1. The number of carbonyl (C=O) groups is 2. The van der Waals surface area contributed by atoms with Gasteiger partial charge in [0.15, 0.2) is 23.0 Å². The predicted molar refractivity (Wildman–Crippen MR) is 201 cm³/mol. The number of esters is 1. The van der Waals surface area contributed by atoms with E-state index in [-0.39, 0.29) is 48.2 Å². The van der Waals surface area contributed by atoms with E-state index in [2.05, 4.69) is 57.5 Å². The standard InChI is InChI=1S/C43H48N4O7/c1-22-15-29-34(37(50)38(22)51-5)36-31-16-28-35(41-40(52-21-53-41)23(2)39(28)54-24(3)48)43(46(31)20-26-17-42(29,4)47(26)36)18-32(43)45-33(49)14-8-6-7-11-25-19-44-30-13-10-9-12-27(25)30/h9-10,12-13,15,19,26,31-32,36,44,50H,6-8,11,14,16-18,20-21H2,1-5H3,(H,45,49)/t26-,31?,32-,36-,42+,43+/m0/s1. The summed E-state index contributed by atoms with van der Waals surface area (Å²) in [7, 11) is 1.61. The molecule has 282 valence electrons. The Morgan fingerprint density at radius 2 is 1.91 bits per heavy atom. The van der Waals surface area contributed by atoms with Crippen molar-refractivity contribution in [3.63, 3.8) is 0 Å². The third kappa shape index (κ3) is 4.54. The minimum absolute atomic E-state index is 0.0488. The molecule has 5 aliphatic heterocycles. The number of benzene rings is 3. The number of aromatic amines is 1. The van der Waals surface area contributed by atoms with Gasteiger partial charge in [-0.2, -0.15) is 0 Å². The van der Waals surface area contributed by atoms with E-state index in [0.29, 0.717) is 42.3 Å². The van der Waals surface area contributed by atoms with Gasteiger partial charge in [0.2, 0.25) is 12.7 Å². The molecule has 4 aromatic rings. The number of para-hydroxylation sites is 1. The number of rotatable bonds is 9. The number of hydrogen-bond acceptors (Lipinski definition) is 9. The number of nitrogens with zero attached hydrogens (tertiary/aromatic N) is 2. The van der Waals surface area contributed by atoms with Crippen LogP contribution in [0.4, 0.5) is 0 Å². The summed E-state index contributed by atoms with van der Waals surface area (Å²) in [4.78, 5) is 35.0. The van der Waals surface area contributed by atoms with E-state index in [9.17, 15) is 14.7 Å². The lowest BCUT2D eigenvalue weighted by molar-refractivity contribution is -0.167. The average molecular weight is 733 g/mol. The van der Waals surface area contributed by atoms with Crippen molar-refractivity contribution in [1.29, 1.82) is 0 Å². The molecule has 6 atom stereocenters. The highest BCUT2D eigenvalue weighted by Gasteiger charge is 2.73. The number of ether oxygens (including phenoxy) is 4. The summed E-state index contributed by atoms with van der Waals surface area (Å²) in [5.41, 5.74) is 7.33. The number of H-pyrrole nitrogens is 1. The molecule has 3 fully saturated rings. The van der Waals surface area contributed by atoms with Crippen LogP contribution in [-0.4, -0.2) is 70.3 Å². The average Bonchev–Trinajstić information content (AvgIpc) is 3.42. The van der Waals surface area contributed by atoms with Gasteiger partial charge in [-0.25, -0.2) is 0 Å². The first-order valence-corrected chi connectivity index (χ1v) is 19.5. The number of hydrogen-bond donors (Lipinski definition) is 3. The van der Waals surface area contributed by atoms with E-state index < -0.39 is 11.5 Å². The molecule has 54 heavy (non-hydrogen) atoms. The van der Waals surface area contributed by atoms with Crippen LogP contribution in [0.15, 0.2) is 36.5 Å². The highest BCUT2D eigenvalue weighted by molar-refractivity contribution is 5.83. The summed E-state index contributed by atoms with van der Waals surface area (Å²) in [5, 5.41) is 16.6. The van der Waals surface area contributed by atoms with Crippen molar-refractivity contribution in [2.75, 3.05) is 20.4 Å². The number of carbonyl (C=O) groups excluding carboxylic acids is 2. The summed E-state index contributed by atoms with van der Waals surface area (Å²) in [6.07, 6.45) is 8.58. The number of methoxy groups -OCH3 is 1. The molecule has 11 heteroatoms. The Labute approximate surface area is 314 Å². The normalized spacial score (nSPS) is 28.2. The molecule has 3 aromatic carbocycles.